The molecule has 0 atom stereocenters. The van der Waals surface area contributed by atoms with Gasteiger partial charge < -0.3 is 5.32 Å². The average molecular weight is 258 g/mol. The second kappa shape index (κ2) is 4.75. The van der Waals surface area contributed by atoms with Gasteiger partial charge in [0.2, 0.25) is 0 Å². The van der Waals surface area contributed by atoms with Gasteiger partial charge in [0, 0.05) is 30.9 Å². The van der Waals surface area contributed by atoms with Gasteiger partial charge in [-0.25, -0.2) is 8.42 Å². The van der Waals surface area contributed by atoms with Gasteiger partial charge in [-0.1, -0.05) is 0 Å². The fourth-order valence-electron chi connectivity index (χ4n) is 2.08. The Hall–Kier alpha value is -0.920. The standard InChI is InChI=1S/C10H18N4O2S/c1-8-9(7-11-2)10(13-12-8)17(15,16)14-5-3-4-6-14/h11H,3-7H2,1-2H3,(H,12,13). The van der Waals surface area contributed by atoms with Crippen molar-refractivity contribution in [3.05, 3.63) is 11.3 Å². The van der Waals surface area contributed by atoms with Crippen LogP contribution in [-0.2, 0) is 16.6 Å². The maximum atomic E-state index is 12.4. The van der Waals surface area contributed by atoms with Crippen LogP contribution in [0.2, 0.25) is 0 Å². The SMILES string of the molecule is CNCc1c(S(=O)(=O)N2CCCC2)n[nH]c1C. The largest absolute Gasteiger partial charge is 0.316 e. The molecule has 2 rings (SSSR count). The first-order chi connectivity index (χ1) is 8.07. The lowest BCUT2D eigenvalue weighted by Gasteiger charge is -2.14. The third-order valence-corrected chi connectivity index (χ3v) is 4.91. The van der Waals surface area contributed by atoms with Crippen LogP contribution in [-0.4, -0.2) is 43.1 Å². The summed E-state index contributed by atoms with van der Waals surface area (Å²) in [6.07, 6.45) is 1.87. The molecule has 1 aliphatic heterocycles. The highest BCUT2D eigenvalue weighted by Crippen LogP contribution is 2.23. The zero-order valence-electron chi connectivity index (χ0n) is 10.2. The minimum absolute atomic E-state index is 0.172. The smallest absolute Gasteiger partial charge is 0.262 e. The van der Waals surface area contributed by atoms with Gasteiger partial charge >= 0.3 is 0 Å². The van der Waals surface area contributed by atoms with Crippen molar-refractivity contribution >= 4 is 10.0 Å². The van der Waals surface area contributed by atoms with Crippen LogP contribution in [0.15, 0.2) is 5.03 Å². The van der Waals surface area contributed by atoms with Gasteiger partial charge in [-0.2, -0.15) is 9.40 Å². The highest BCUT2D eigenvalue weighted by Gasteiger charge is 2.31. The summed E-state index contributed by atoms with van der Waals surface area (Å²) >= 11 is 0. The Bertz CT molecular complexity index is 488. The Morgan fingerprint density at radius 1 is 1.41 bits per heavy atom. The third kappa shape index (κ3) is 2.22. The van der Waals surface area contributed by atoms with E-state index in [2.05, 4.69) is 15.5 Å². The van der Waals surface area contributed by atoms with Crippen molar-refractivity contribution in [2.45, 2.75) is 31.3 Å². The molecule has 1 fully saturated rings. The molecule has 0 spiro atoms. The number of aryl methyl sites for hydroxylation is 1. The van der Waals surface area contributed by atoms with Crippen molar-refractivity contribution in [2.24, 2.45) is 0 Å². The normalized spacial score (nSPS) is 17.8. The molecule has 1 aromatic rings. The van der Waals surface area contributed by atoms with Crippen LogP contribution in [0.3, 0.4) is 0 Å². The van der Waals surface area contributed by atoms with E-state index in [4.69, 9.17) is 0 Å². The second-order valence-electron chi connectivity index (χ2n) is 4.27. The van der Waals surface area contributed by atoms with E-state index in [9.17, 15) is 8.42 Å². The summed E-state index contributed by atoms with van der Waals surface area (Å²) < 4.78 is 26.2. The molecular weight excluding hydrogens is 240 g/mol. The van der Waals surface area contributed by atoms with Crippen molar-refractivity contribution < 1.29 is 8.42 Å². The molecule has 2 N–H and O–H groups in total. The van der Waals surface area contributed by atoms with E-state index in [-0.39, 0.29) is 5.03 Å². The predicted octanol–water partition coefficient (Wildman–Crippen LogP) is 0.222. The number of aromatic amines is 1. The number of rotatable bonds is 4. The number of H-pyrrole nitrogens is 1. The lowest BCUT2D eigenvalue weighted by Crippen LogP contribution is -2.29. The van der Waals surface area contributed by atoms with E-state index in [1.54, 1.807) is 7.05 Å². The first-order valence-corrected chi connectivity index (χ1v) is 7.20. The molecule has 0 unspecified atom stereocenters. The quantitative estimate of drug-likeness (QED) is 0.810. The van der Waals surface area contributed by atoms with E-state index in [0.717, 1.165) is 24.1 Å². The Balaban J connectivity index is 2.38. The molecular formula is C10H18N4O2S. The van der Waals surface area contributed by atoms with E-state index in [1.165, 1.54) is 4.31 Å². The summed E-state index contributed by atoms with van der Waals surface area (Å²) in [7, 11) is -1.63. The van der Waals surface area contributed by atoms with Crippen molar-refractivity contribution in [3.63, 3.8) is 0 Å². The van der Waals surface area contributed by atoms with Crippen LogP contribution >= 0.6 is 0 Å². The Labute approximate surface area is 101 Å². The highest BCUT2D eigenvalue weighted by molar-refractivity contribution is 7.89. The van der Waals surface area contributed by atoms with Crippen LogP contribution < -0.4 is 5.32 Å². The fourth-order valence-corrected chi connectivity index (χ4v) is 3.76. The molecule has 6 nitrogen and oxygen atoms in total. The van der Waals surface area contributed by atoms with Crippen molar-refractivity contribution in [2.75, 3.05) is 20.1 Å². The predicted molar refractivity (Wildman–Crippen MR) is 64.1 cm³/mol. The Morgan fingerprint density at radius 2 is 2.06 bits per heavy atom. The number of nitrogens with one attached hydrogen (secondary N) is 2. The fraction of sp³-hybridized carbons (Fsp3) is 0.700. The van der Waals surface area contributed by atoms with E-state index in [1.807, 2.05) is 6.92 Å². The van der Waals surface area contributed by atoms with E-state index < -0.39 is 10.0 Å². The van der Waals surface area contributed by atoms with Gasteiger partial charge in [-0.05, 0) is 26.8 Å². The van der Waals surface area contributed by atoms with E-state index >= 15 is 0 Å². The topological polar surface area (TPSA) is 78.1 Å². The zero-order chi connectivity index (χ0) is 12.5. The minimum atomic E-state index is -3.42. The third-order valence-electron chi connectivity index (χ3n) is 3.04. The van der Waals surface area contributed by atoms with Gasteiger partial charge in [0.1, 0.15) is 0 Å². The average Bonchev–Trinajstić information content (AvgIpc) is 2.90. The van der Waals surface area contributed by atoms with Gasteiger partial charge in [-0.3, -0.25) is 5.10 Å². The Morgan fingerprint density at radius 3 is 2.65 bits per heavy atom. The summed E-state index contributed by atoms with van der Waals surface area (Å²) in [5.74, 6) is 0. The minimum Gasteiger partial charge on any atom is -0.316 e. The zero-order valence-corrected chi connectivity index (χ0v) is 11.0. The molecule has 1 saturated heterocycles. The van der Waals surface area contributed by atoms with Crippen LogP contribution in [0.1, 0.15) is 24.1 Å². The van der Waals surface area contributed by atoms with Crippen LogP contribution in [0.25, 0.3) is 0 Å². The first kappa shape index (κ1) is 12.5. The maximum Gasteiger partial charge on any atom is 0.262 e. The van der Waals surface area contributed by atoms with Crippen LogP contribution in [0.5, 0.6) is 0 Å². The van der Waals surface area contributed by atoms with Crippen molar-refractivity contribution in [3.8, 4) is 0 Å². The number of hydrogen-bond donors (Lipinski definition) is 2. The molecule has 96 valence electrons. The van der Waals surface area contributed by atoms with Crippen LogP contribution in [0, 0.1) is 6.92 Å². The summed E-state index contributed by atoms with van der Waals surface area (Å²) in [5, 5.41) is 9.86. The number of nitrogens with zero attached hydrogens (tertiary/aromatic N) is 2. The maximum absolute atomic E-state index is 12.4. The van der Waals surface area contributed by atoms with Gasteiger partial charge in [-0.15, -0.1) is 0 Å². The van der Waals surface area contributed by atoms with Crippen molar-refractivity contribution in [1.82, 2.24) is 19.8 Å². The lowest BCUT2D eigenvalue weighted by atomic mass is 10.3. The molecule has 0 bridgehead atoms. The van der Waals surface area contributed by atoms with Crippen molar-refractivity contribution in [1.29, 1.82) is 0 Å². The van der Waals surface area contributed by atoms with E-state index in [0.29, 0.717) is 19.6 Å². The Kier molecular flexibility index (Phi) is 3.50. The molecule has 1 aromatic heterocycles. The molecule has 7 heteroatoms. The molecule has 0 radical (unpaired) electrons. The first-order valence-electron chi connectivity index (χ1n) is 5.76. The molecule has 0 saturated carbocycles. The van der Waals surface area contributed by atoms with Gasteiger partial charge in [0.25, 0.3) is 10.0 Å². The molecule has 0 aliphatic carbocycles. The summed E-state index contributed by atoms with van der Waals surface area (Å²) in [5.41, 5.74) is 1.54. The highest BCUT2D eigenvalue weighted by atomic mass is 32.2. The number of hydrogen-bond acceptors (Lipinski definition) is 4. The molecule has 0 amide bonds. The van der Waals surface area contributed by atoms with Gasteiger partial charge in [0.05, 0.1) is 0 Å². The van der Waals surface area contributed by atoms with Gasteiger partial charge in [0.15, 0.2) is 5.03 Å². The molecule has 17 heavy (non-hydrogen) atoms. The summed E-state index contributed by atoms with van der Waals surface area (Å²) in [6, 6.07) is 0. The summed E-state index contributed by atoms with van der Waals surface area (Å²) in [6.45, 7) is 3.55. The summed E-state index contributed by atoms with van der Waals surface area (Å²) in [4.78, 5) is 0. The molecule has 2 heterocycles. The molecule has 0 aromatic carbocycles. The monoisotopic (exact) mass is 258 g/mol. The van der Waals surface area contributed by atoms with Crippen LogP contribution in [0.4, 0.5) is 0 Å². The number of sulfonamides is 1. The second-order valence-corrected chi connectivity index (χ2v) is 6.13. The lowest BCUT2D eigenvalue weighted by molar-refractivity contribution is 0.473. The molecule has 1 aliphatic rings. The number of aromatic nitrogens is 2.